The first-order chi connectivity index (χ1) is 17.4. The van der Waals surface area contributed by atoms with Gasteiger partial charge in [-0.05, 0) is 48.7 Å². The Bertz CT molecular complexity index is 1350. The van der Waals surface area contributed by atoms with Gasteiger partial charge in [-0.3, -0.25) is 14.5 Å². The Morgan fingerprint density at radius 3 is 2.69 bits per heavy atom. The first kappa shape index (κ1) is 24.4. The zero-order chi connectivity index (χ0) is 25.2. The molecule has 2 N–H and O–H groups in total. The minimum atomic E-state index is -0.484. The summed E-state index contributed by atoms with van der Waals surface area (Å²) in [5.74, 6) is 1.09. The van der Waals surface area contributed by atoms with E-state index in [0.717, 1.165) is 49.4 Å². The number of fused-ring (bicyclic) bond motifs is 2. The summed E-state index contributed by atoms with van der Waals surface area (Å²) in [7, 11) is 3.14. The monoisotopic (exact) mass is 512 g/mol. The van der Waals surface area contributed by atoms with Gasteiger partial charge in [-0.2, -0.15) is 0 Å². The smallest absolute Gasteiger partial charge is 0.265 e. The number of carbonyl (C=O) groups excluding carboxylic acids is 1. The van der Waals surface area contributed by atoms with Gasteiger partial charge in [-0.1, -0.05) is 17.7 Å². The van der Waals surface area contributed by atoms with Crippen LogP contribution in [0.1, 0.15) is 28.8 Å². The van der Waals surface area contributed by atoms with Crippen LogP contribution in [0.5, 0.6) is 11.5 Å². The predicted molar refractivity (Wildman–Crippen MR) is 138 cm³/mol. The summed E-state index contributed by atoms with van der Waals surface area (Å²) in [4.78, 5) is 28.6. The number of piperidine rings is 1. The number of likely N-dealkylation sites (tertiary alicyclic amines) is 1. The topological polar surface area (TPSA) is 94.1 Å². The van der Waals surface area contributed by atoms with Gasteiger partial charge < -0.3 is 29.4 Å². The minimum Gasteiger partial charge on any atom is -0.454 e. The second-order valence-electron chi connectivity index (χ2n) is 9.10. The van der Waals surface area contributed by atoms with Crippen molar-refractivity contribution in [2.75, 3.05) is 39.0 Å². The van der Waals surface area contributed by atoms with E-state index in [0.29, 0.717) is 16.2 Å². The number of nitrogens with zero attached hydrogens (tertiary/aromatic N) is 2. The molecule has 9 nitrogen and oxygen atoms in total. The molecule has 0 saturated carbocycles. The Kier molecular flexibility index (Phi) is 7.04. The molecule has 1 saturated heterocycles. The molecule has 0 bridgehead atoms. The Hall–Kier alpha value is -3.27. The molecule has 0 spiro atoms. The lowest BCUT2D eigenvalue weighted by Crippen LogP contribution is -2.40. The molecule has 0 atom stereocenters. The summed E-state index contributed by atoms with van der Waals surface area (Å²) in [6, 6.07) is 11.5. The summed E-state index contributed by atoms with van der Waals surface area (Å²) in [6.45, 7) is 2.84. The van der Waals surface area contributed by atoms with E-state index < -0.39 is 5.91 Å². The van der Waals surface area contributed by atoms with Crippen molar-refractivity contribution in [1.29, 1.82) is 0 Å². The Morgan fingerprint density at radius 1 is 1.14 bits per heavy atom. The van der Waals surface area contributed by atoms with Gasteiger partial charge in [0.1, 0.15) is 12.3 Å². The van der Waals surface area contributed by atoms with Gasteiger partial charge in [0, 0.05) is 50.2 Å². The van der Waals surface area contributed by atoms with Gasteiger partial charge in [-0.25, -0.2) is 0 Å². The van der Waals surface area contributed by atoms with E-state index in [-0.39, 0.29) is 30.7 Å². The maximum Gasteiger partial charge on any atom is 0.265 e. The van der Waals surface area contributed by atoms with Crippen LogP contribution in [0, 0.1) is 0 Å². The fourth-order valence-corrected chi connectivity index (χ4v) is 5.02. The Morgan fingerprint density at radius 2 is 1.92 bits per heavy atom. The molecule has 190 valence electrons. The maximum atomic E-state index is 13.2. The lowest BCUT2D eigenvalue weighted by Gasteiger charge is -2.33. The van der Waals surface area contributed by atoms with Crippen molar-refractivity contribution in [1.82, 2.24) is 14.8 Å². The molecule has 2 aromatic carbocycles. The van der Waals surface area contributed by atoms with Crippen LogP contribution in [0.3, 0.4) is 0 Å². The molecule has 3 heterocycles. The predicted octanol–water partition coefficient (Wildman–Crippen LogP) is 3.33. The number of anilines is 1. The number of halogens is 1. The molecule has 1 amide bonds. The van der Waals surface area contributed by atoms with Crippen molar-refractivity contribution in [2.45, 2.75) is 25.4 Å². The minimum absolute atomic E-state index is 0.00720. The van der Waals surface area contributed by atoms with Crippen LogP contribution < -0.4 is 25.7 Å². The normalized spacial score (nSPS) is 15.9. The van der Waals surface area contributed by atoms with Gasteiger partial charge in [0.25, 0.3) is 11.5 Å². The van der Waals surface area contributed by atoms with Crippen LogP contribution in [0.2, 0.25) is 5.02 Å². The fourth-order valence-electron chi connectivity index (χ4n) is 4.84. The number of amides is 1. The maximum absolute atomic E-state index is 13.2. The first-order valence-electron chi connectivity index (χ1n) is 11.9. The Labute approximate surface area is 213 Å². The summed E-state index contributed by atoms with van der Waals surface area (Å²) >= 11 is 6.31. The molecular weight excluding hydrogens is 484 g/mol. The number of hydrogen-bond donors (Lipinski definition) is 2. The van der Waals surface area contributed by atoms with E-state index in [1.807, 2.05) is 12.1 Å². The standard InChI is InChI=1S/C26H29ClN4O5/c1-30-20-5-4-17(27)12-19(20)24(23(26(30)33)25(32)28-14-34-2)29-18-7-9-31(10-8-18)13-16-3-6-21-22(11-16)36-15-35-21/h3-6,11-12,18,29H,7-10,13-15H2,1-2H3,(H,28,32). The summed E-state index contributed by atoms with van der Waals surface area (Å²) in [5.41, 5.74) is 2.08. The highest BCUT2D eigenvalue weighted by molar-refractivity contribution is 6.31. The zero-order valence-corrected chi connectivity index (χ0v) is 21.1. The third kappa shape index (κ3) is 4.86. The number of benzene rings is 2. The summed E-state index contributed by atoms with van der Waals surface area (Å²) in [6.07, 6.45) is 1.72. The quantitative estimate of drug-likeness (QED) is 0.469. The van der Waals surface area contributed by atoms with Crippen molar-refractivity contribution in [3.63, 3.8) is 0 Å². The SMILES string of the molecule is COCNC(=O)c1c(NC2CCN(Cc3ccc4c(c3)OCO4)CC2)c2cc(Cl)ccc2n(C)c1=O. The molecule has 1 fully saturated rings. The number of ether oxygens (including phenoxy) is 3. The van der Waals surface area contributed by atoms with E-state index in [2.05, 4.69) is 21.6 Å². The van der Waals surface area contributed by atoms with Gasteiger partial charge in [0.2, 0.25) is 6.79 Å². The van der Waals surface area contributed by atoms with Crippen LogP contribution in [0.25, 0.3) is 10.9 Å². The lowest BCUT2D eigenvalue weighted by atomic mass is 10.0. The molecular formula is C26H29ClN4O5. The average molecular weight is 513 g/mol. The van der Waals surface area contributed by atoms with Gasteiger partial charge >= 0.3 is 0 Å². The number of aromatic nitrogens is 1. The zero-order valence-electron chi connectivity index (χ0n) is 20.3. The van der Waals surface area contributed by atoms with E-state index in [4.69, 9.17) is 25.8 Å². The summed E-state index contributed by atoms with van der Waals surface area (Å²) < 4.78 is 17.4. The first-order valence-corrected chi connectivity index (χ1v) is 12.3. The highest BCUT2D eigenvalue weighted by atomic mass is 35.5. The van der Waals surface area contributed by atoms with Crippen molar-refractivity contribution in [2.24, 2.45) is 7.05 Å². The largest absolute Gasteiger partial charge is 0.454 e. The van der Waals surface area contributed by atoms with Gasteiger partial charge in [-0.15, -0.1) is 0 Å². The third-order valence-electron chi connectivity index (χ3n) is 6.74. The van der Waals surface area contributed by atoms with Crippen LogP contribution in [0.4, 0.5) is 5.69 Å². The van der Waals surface area contributed by atoms with E-state index in [9.17, 15) is 9.59 Å². The van der Waals surface area contributed by atoms with Crippen LogP contribution in [-0.2, 0) is 18.3 Å². The molecule has 10 heteroatoms. The molecule has 0 unspecified atom stereocenters. The highest BCUT2D eigenvalue weighted by Gasteiger charge is 2.26. The molecule has 0 radical (unpaired) electrons. The second-order valence-corrected chi connectivity index (χ2v) is 9.53. The van der Waals surface area contributed by atoms with Gasteiger partial charge in [0.05, 0.1) is 11.2 Å². The van der Waals surface area contributed by atoms with Gasteiger partial charge in [0.15, 0.2) is 11.5 Å². The number of rotatable bonds is 7. The summed E-state index contributed by atoms with van der Waals surface area (Å²) in [5, 5.41) is 7.44. The number of carbonyl (C=O) groups is 1. The van der Waals surface area contributed by atoms with Crippen molar-refractivity contribution < 1.29 is 19.0 Å². The number of hydrogen-bond acceptors (Lipinski definition) is 7. The van der Waals surface area contributed by atoms with E-state index >= 15 is 0 Å². The molecule has 36 heavy (non-hydrogen) atoms. The van der Waals surface area contributed by atoms with E-state index in [1.54, 1.807) is 25.2 Å². The van der Waals surface area contributed by atoms with Crippen molar-refractivity contribution >= 4 is 34.1 Å². The average Bonchev–Trinajstić information content (AvgIpc) is 3.35. The van der Waals surface area contributed by atoms with E-state index in [1.165, 1.54) is 17.2 Å². The molecule has 5 rings (SSSR count). The molecule has 2 aliphatic heterocycles. The number of methoxy groups -OCH3 is 1. The number of pyridine rings is 1. The molecule has 1 aromatic heterocycles. The van der Waals surface area contributed by atoms with Crippen molar-refractivity contribution in [3.05, 3.63) is 62.9 Å². The fraction of sp³-hybridized carbons (Fsp3) is 0.385. The highest BCUT2D eigenvalue weighted by Crippen LogP contribution is 2.33. The number of aryl methyl sites for hydroxylation is 1. The molecule has 2 aliphatic rings. The van der Waals surface area contributed by atoms with Crippen LogP contribution in [-0.4, -0.2) is 55.1 Å². The number of nitrogens with one attached hydrogen (secondary N) is 2. The Balaban J connectivity index is 1.36. The molecule has 3 aromatic rings. The second kappa shape index (κ2) is 10.4. The van der Waals surface area contributed by atoms with Crippen LogP contribution >= 0.6 is 11.6 Å². The third-order valence-corrected chi connectivity index (χ3v) is 6.98. The van der Waals surface area contributed by atoms with Crippen molar-refractivity contribution in [3.8, 4) is 11.5 Å². The van der Waals surface area contributed by atoms with Crippen LogP contribution in [0.15, 0.2) is 41.2 Å². The molecule has 0 aliphatic carbocycles. The lowest BCUT2D eigenvalue weighted by molar-refractivity contribution is 0.0871.